The number of likely N-dealkylation sites (tertiary alicyclic amines) is 1. The third kappa shape index (κ3) is 4.06. The maximum absolute atomic E-state index is 13.6. The lowest BCUT2D eigenvalue weighted by Gasteiger charge is -2.45. The first-order valence-corrected chi connectivity index (χ1v) is 11.4. The quantitative estimate of drug-likeness (QED) is 0.624. The molecule has 0 aliphatic carbocycles. The summed E-state index contributed by atoms with van der Waals surface area (Å²) in [6.07, 6.45) is -2.08. The number of carbonyl (C=O) groups is 2. The molecular formula is C23H31N3O5S. The van der Waals surface area contributed by atoms with Gasteiger partial charge in [-0.15, -0.1) is 11.3 Å². The number of nitrogens with zero attached hydrogens (tertiary/aromatic N) is 2. The van der Waals surface area contributed by atoms with E-state index < -0.39 is 35.1 Å². The molecule has 32 heavy (non-hydrogen) atoms. The number of aryl methyl sites for hydroxylation is 1. The molecule has 1 aliphatic rings. The molecule has 1 fully saturated rings. The predicted molar refractivity (Wildman–Crippen MR) is 123 cm³/mol. The Morgan fingerprint density at radius 2 is 2.06 bits per heavy atom. The number of β-amino-alcohol motifs (C(OH)–C–C–N with tert-alkyl or cyclic N) is 1. The van der Waals surface area contributed by atoms with Gasteiger partial charge in [-0.1, -0.05) is 32.9 Å². The number of nitrogens with one attached hydrogen (secondary N) is 1. The second-order valence-electron chi connectivity index (χ2n) is 9.28. The van der Waals surface area contributed by atoms with Crippen LogP contribution in [-0.4, -0.2) is 57.4 Å². The van der Waals surface area contributed by atoms with E-state index in [9.17, 15) is 19.8 Å². The van der Waals surface area contributed by atoms with Crippen LogP contribution in [0.1, 0.15) is 51.4 Å². The van der Waals surface area contributed by atoms with Crippen LogP contribution in [0.15, 0.2) is 23.7 Å². The van der Waals surface area contributed by atoms with Crippen LogP contribution >= 0.6 is 11.3 Å². The maximum atomic E-state index is 13.6. The molecule has 1 aromatic heterocycles. The minimum Gasteiger partial charge on any atom is -0.496 e. The number of hydrogen-bond acceptors (Lipinski definition) is 6. The average Bonchev–Trinajstić information content (AvgIpc) is 3.30. The van der Waals surface area contributed by atoms with Crippen LogP contribution in [0.3, 0.4) is 0 Å². The first-order chi connectivity index (χ1) is 14.9. The van der Waals surface area contributed by atoms with Crippen LogP contribution in [0.5, 0.6) is 5.75 Å². The van der Waals surface area contributed by atoms with Gasteiger partial charge in [-0.3, -0.25) is 9.69 Å². The van der Waals surface area contributed by atoms with E-state index in [0.29, 0.717) is 5.75 Å². The van der Waals surface area contributed by atoms with E-state index in [0.717, 1.165) is 26.6 Å². The van der Waals surface area contributed by atoms with Crippen molar-refractivity contribution in [3.63, 3.8) is 0 Å². The fourth-order valence-electron chi connectivity index (χ4n) is 4.57. The summed E-state index contributed by atoms with van der Waals surface area (Å²) in [6.45, 7) is 9.14. The lowest BCUT2D eigenvalue weighted by atomic mass is 9.70. The molecule has 1 aliphatic heterocycles. The van der Waals surface area contributed by atoms with Crippen LogP contribution < -0.4 is 10.1 Å². The van der Waals surface area contributed by atoms with Crippen molar-refractivity contribution in [2.75, 3.05) is 13.7 Å². The maximum Gasteiger partial charge on any atom is 0.408 e. The predicted octanol–water partition coefficient (Wildman–Crippen LogP) is 3.83. The summed E-state index contributed by atoms with van der Waals surface area (Å²) in [5.41, 5.74) is 2.36. The molecule has 2 aromatic rings. The number of hydrogen-bond donors (Lipinski definition) is 3. The molecule has 1 saturated heterocycles. The molecule has 3 N–H and O–H groups in total. The van der Waals surface area contributed by atoms with Gasteiger partial charge < -0.3 is 20.3 Å². The van der Waals surface area contributed by atoms with Gasteiger partial charge in [-0.05, 0) is 30.9 Å². The van der Waals surface area contributed by atoms with Crippen molar-refractivity contribution in [3.8, 4) is 16.2 Å². The lowest BCUT2D eigenvalue weighted by Crippen LogP contribution is -2.64. The smallest absolute Gasteiger partial charge is 0.408 e. The highest BCUT2D eigenvalue weighted by molar-refractivity contribution is 7.13. The zero-order valence-corrected chi connectivity index (χ0v) is 20.1. The topological polar surface area (TPSA) is 112 Å². The standard InChI is InChI=1S/C23H31N3O5S/c1-13(17-8-7-15(9-18(17)31-6)19-14(2)24-12-32-19)25-20(28)23(22(3,4)5)10-16(27)11-26(23)21(29)30/h7-9,12-13,16,27H,10-11H2,1-6H3,(H,25,28)(H,29,30)/t13-,16+,23+/m0/s1. The number of carbonyl (C=O) groups excluding carboxylic acids is 1. The van der Waals surface area contributed by atoms with Crippen LogP contribution in [0, 0.1) is 12.3 Å². The summed E-state index contributed by atoms with van der Waals surface area (Å²) in [7, 11) is 1.58. The normalized spacial score (nSPS) is 22.0. The van der Waals surface area contributed by atoms with E-state index in [1.54, 1.807) is 24.0 Å². The molecule has 3 atom stereocenters. The molecule has 0 spiro atoms. The molecule has 0 radical (unpaired) electrons. The van der Waals surface area contributed by atoms with Gasteiger partial charge in [-0.2, -0.15) is 0 Å². The third-order valence-electron chi connectivity index (χ3n) is 6.29. The van der Waals surface area contributed by atoms with Crippen molar-refractivity contribution in [1.29, 1.82) is 0 Å². The Morgan fingerprint density at radius 3 is 2.59 bits per heavy atom. The van der Waals surface area contributed by atoms with Crippen molar-refractivity contribution in [1.82, 2.24) is 15.2 Å². The van der Waals surface area contributed by atoms with E-state index in [4.69, 9.17) is 4.74 Å². The summed E-state index contributed by atoms with van der Waals surface area (Å²) >= 11 is 1.55. The summed E-state index contributed by atoms with van der Waals surface area (Å²) in [5, 5.41) is 23.0. The SMILES string of the molecule is COc1cc(-c2scnc2C)ccc1[C@H](C)NC(=O)[C@@]1(C(C)(C)C)C[C@@H](O)CN1C(=O)O. The number of rotatable bonds is 5. The first kappa shape index (κ1) is 24.0. The number of amides is 2. The fourth-order valence-corrected chi connectivity index (χ4v) is 5.38. The van der Waals surface area contributed by atoms with Crippen LogP contribution in [0.4, 0.5) is 4.79 Å². The summed E-state index contributed by atoms with van der Waals surface area (Å²) in [4.78, 5) is 32.0. The number of methoxy groups -OCH3 is 1. The van der Waals surface area contributed by atoms with Gasteiger partial charge in [0, 0.05) is 12.0 Å². The molecule has 2 amide bonds. The van der Waals surface area contributed by atoms with Crippen LogP contribution in [0.2, 0.25) is 0 Å². The molecule has 3 rings (SSSR count). The van der Waals surface area contributed by atoms with Crippen molar-refractivity contribution in [3.05, 3.63) is 35.0 Å². The first-order valence-electron chi connectivity index (χ1n) is 10.5. The number of aliphatic hydroxyl groups is 1. The van der Waals surface area contributed by atoms with Gasteiger partial charge in [0.05, 0.1) is 41.9 Å². The average molecular weight is 462 g/mol. The molecule has 0 saturated carbocycles. The number of aromatic nitrogens is 1. The van der Waals surface area contributed by atoms with Gasteiger partial charge in [0.1, 0.15) is 11.3 Å². The second-order valence-corrected chi connectivity index (χ2v) is 10.1. The minimum absolute atomic E-state index is 0.0437. The van der Waals surface area contributed by atoms with Gasteiger partial charge in [-0.25, -0.2) is 9.78 Å². The highest BCUT2D eigenvalue weighted by Crippen LogP contribution is 2.45. The second kappa shape index (κ2) is 8.71. The lowest BCUT2D eigenvalue weighted by molar-refractivity contribution is -0.138. The molecule has 174 valence electrons. The number of aliphatic hydroxyl groups excluding tert-OH is 1. The summed E-state index contributed by atoms with van der Waals surface area (Å²) in [5.74, 6) is 0.190. The Hall–Kier alpha value is -2.65. The molecule has 1 aromatic carbocycles. The van der Waals surface area contributed by atoms with Crippen molar-refractivity contribution >= 4 is 23.3 Å². The van der Waals surface area contributed by atoms with E-state index in [2.05, 4.69) is 10.3 Å². The van der Waals surface area contributed by atoms with Crippen LogP contribution in [-0.2, 0) is 4.79 Å². The molecule has 0 bridgehead atoms. The van der Waals surface area contributed by atoms with Gasteiger partial charge in [0.25, 0.3) is 0 Å². The number of carboxylic acid groups (broad SMARTS) is 1. The number of ether oxygens (including phenoxy) is 1. The highest BCUT2D eigenvalue weighted by atomic mass is 32.1. The van der Waals surface area contributed by atoms with E-state index >= 15 is 0 Å². The summed E-state index contributed by atoms with van der Waals surface area (Å²) in [6, 6.07) is 5.34. The Balaban J connectivity index is 1.93. The number of thiazole rings is 1. The molecular weight excluding hydrogens is 430 g/mol. The Kier molecular flexibility index (Phi) is 6.53. The molecule has 9 heteroatoms. The Labute approximate surface area is 192 Å². The summed E-state index contributed by atoms with van der Waals surface area (Å²) < 4.78 is 5.61. The Morgan fingerprint density at radius 1 is 1.38 bits per heavy atom. The van der Waals surface area contributed by atoms with E-state index in [1.165, 1.54) is 0 Å². The monoisotopic (exact) mass is 461 g/mol. The van der Waals surface area contributed by atoms with Crippen LogP contribution in [0.25, 0.3) is 10.4 Å². The highest BCUT2D eigenvalue weighted by Gasteiger charge is 2.60. The van der Waals surface area contributed by atoms with Crippen molar-refractivity contribution in [2.24, 2.45) is 5.41 Å². The third-order valence-corrected chi connectivity index (χ3v) is 7.27. The molecule has 2 heterocycles. The zero-order valence-electron chi connectivity index (χ0n) is 19.3. The van der Waals surface area contributed by atoms with E-state index in [-0.39, 0.29) is 13.0 Å². The number of benzene rings is 1. The zero-order chi connectivity index (χ0) is 23.8. The van der Waals surface area contributed by atoms with Gasteiger partial charge >= 0.3 is 6.09 Å². The largest absolute Gasteiger partial charge is 0.496 e. The molecule has 8 nitrogen and oxygen atoms in total. The van der Waals surface area contributed by atoms with E-state index in [1.807, 2.05) is 52.8 Å². The fraction of sp³-hybridized carbons (Fsp3) is 0.522. The van der Waals surface area contributed by atoms with Gasteiger partial charge in [0.15, 0.2) is 0 Å². The minimum atomic E-state index is -1.39. The van der Waals surface area contributed by atoms with Gasteiger partial charge in [0.2, 0.25) is 5.91 Å². The molecule has 0 unspecified atom stereocenters. The Bertz CT molecular complexity index is 1020. The van der Waals surface area contributed by atoms with Crippen molar-refractivity contribution in [2.45, 2.75) is 58.7 Å². The van der Waals surface area contributed by atoms with Crippen molar-refractivity contribution < 1.29 is 24.5 Å².